The molecule has 1 heterocycles. The lowest BCUT2D eigenvalue weighted by Gasteiger charge is -2.23. The Morgan fingerprint density at radius 3 is 2.59 bits per heavy atom. The third-order valence-electron chi connectivity index (χ3n) is 4.80. The molecule has 5 nitrogen and oxygen atoms in total. The molecule has 0 radical (unpaired) electrons. The monoisotopic (exact) mass is 377 g/mol. The van der Waals surface area contributed by atoms with Gasteiger partial charge < -0.3 is 4.90 Å². The van der Waals surface area contributed by atoms with Crippen molar-refractivity contribution in [1.29, 1.82) is 0 Å². The largest absolute Gasteiger partial charge is 0.367 e. The molecule has 27 heavy (non-hydrogen) atoms. The van der Waals surface area contributed by atoms with Crippen molar-refractivity contribution >= 4 is 24.1 Å². The average molecular weight is 378 g/mol. The smallest absolute Gasteiger partial charge is 0.216 e. The second-order valence-corrected chi connectivity index (χ2v) is 7.20. The first kappa shape index (κ1) is 17.7. The van der Waals surface area contributed by atoms with E-state index in [1.54, 1.807) is 4.68 Å². The Kier molecular flexibility index (Phi) is 5.16. The Morgan fingerprint density at radius 2 is 1.93 bits per heavy atom. The molecule has 1 fully saturated rings. The zero-order valence-corrected chi connectivity index (χ0v) is 16.2. The molecule has 0 spiro atoms. The van der Waals surface area contributed by atoms with Gasteiger partial charge in [-0.2, -0.15) is 14.9 Å². The second-order valence-electron chi connectivity index (χ2n) is 6.81. The van der Waals surface area contributed by atoms with E-state index >= 15 is 0 Å². The van der Waals surface area contributed by atoms with Gasteiger partial charge in [0.15, 0.2) is 5.82 Å². The zero-order chi connectivity index (χ0) is 18.6. The molecular formula is C21H23N5S. The van der Waals surface area contributed by atoms with Gasteiger partial charge >= 0.3 is 0 Å². The third-order valence-corrected chi connectivity index (χ3v) is 5.06. The molecule has 1 aliphatic rings. The molecule has 0 aliphatic heterocycles. The molecule has 1 aromatic heterocycles. The molecule has 2 aromatic carbocycles. The van der Waals surface area contributed by atoms with Crippen molar-refractivity contribution in [3.63, 3.8) is 0 Å². The third kappa shape index (κ3) is 4.17. The van der Waals surface area contributed by atoms with Crippen LogP contribution < -0.4 is 4.90 Å². The number of aromatic nitrogens is 3. The van der Waals surface area contributed by atoms with Crippen molar-refractivity contribution in [3.8, 4) is 0 Å². The topological polar surface area (TPSA) is 49.2 Å². The second kappa shape index (κ2) is 7.88. The van der Waals surface area contributed by atoms with Crippen LogP contribution in [0.2, 0.25) is 0 Å². The fourth-order valence-electron chi connectivity index (χ4n) is 3.11. The summed E-state index contributed by atoms with van der Waals surface area (Å²) in [6.07, 6.45) is 4.17. The van der Waals surface area contributed by atoms with Crippen molar-refractivity contribution in [2.45, 2.75) is 32.2 Å². The predicted octanol–water partition coefficient (Wildman–Crippen LogP) is 4.73. The van der Waals surface area contributed by atoms with Crippen LogP contribution in [0.1, 0.15) is 42.6 Å². The van der Waals surface area contributed by atoms with Crippen LogP contribution in [-0.2, 0) is 6.54 Å². The van der Waals surface area contributed by atoms with Gasteiger partial charge in [-0.05, 0) is 55.2 Å². The molecule has 0 saturated heterocycles. The number of hydrogen-bond donors (Lipinski definition) is 1. The first-order chi connectivity index (χ1) is 13.2. The number of anilines is 1. The Labute approximate surface area is 164 Å². The van der Waals surface area contributed by atoms with Gasteiger partial charge in [-0.25, -0.2) is 0 Å². The van der Waals surface area contributed by atoms with Crippen molar-refractivity contribution < 1.29 is 0 Å². The SMILES string of the molecule is CCN(Cc1ccccc1)c1ccc(/C=N\n2c(C3CC3)n[nH]c2=S)cc1. The van der Waals surface area contributed by atoms with E-state index in [-0.39, 0.29) is 0 Å². The normalized spacial score (nSPS) is 14.0. The fraction of sp³-hybridized carbons (Fsp3) is 0.286. The number of aromatic amines is 1. The van der Waals surface area contributed by atoms with E-state index in [4.69, 9.17) is 12.2 Å². The van der Waals surface area contributed by atoms with Crippen molar-refractivity contribution in [1.82, 2.24) is 14.9 Å². The highest BCUT2D eigenvalue weighted by molar-refractivity contribution is 7.71. The molecular weight excluding hydrogens is 354 g/mol. The van der Waals surface area contributed by atoms with Crippen LogP contribution in [0, 0.1) is 4.77 Å². The van der Waals surface area contributed by atoms with Crippen molar-refractivity contribution in [3.05, 3.63) is 76.3 Å². The minimum atomic E-state index is 0.494. The lowest BCUT2D eigenvalue weighted by molar-refractivity contribution is 0.773. The van der Waals surface area contributed by atoms with Gasteiger partial charge in [0.05, 0.1) is 6.21 Å². The van der Waals surface area contributed by atoms with Gasteiger partial charge in [-0.15, -0.1) is 0 Å². The summed E-state index contributed by atoms with van der Waals surface area (Å²) >= 11 is 5.29. The molecule has 0 bridgehead atoms. The van der Waals surface area contributed by atoms with E-state index in [1.165, 1.54) is 11.3 Å². The van der Waals surface area contributed by atoms with Crippen LogP contribution in [-0.4, -0.2) is 27.6 Å². The quantitative estimate of drug-likeness (QED) is 0.478. The predicted molar refractivity (Wildman–Crippen MR) is 112 cm³/mol. The highest BCUT2D eigenvalue weighted by Crippen LogP contribution is 2.38. The maximum Gasteiger partial charge on any atom is 0.216 e. The van der Waals surface area contributed by atoms with Crippen LogP contribution in [0.4, 0.5) is 5.69 Å². The Bertz CT molecular complexity index is 968. The first-order valence-electron chi connectivity index (χ1n) is 9.35. The van der Waals surface area contributed by atoms with E-state index in [1.807, 2.05) is 6.21 Å². The van der Waals surface area contributed by atoms with Gasteiger partial charge in [0.25, 0.3) is 0 Å². The molecule has 0 unspecified atom stereocenters. The van der Waals surface area contributed by atoms with E-state index in [0.29, 0.717) is 10.7 Å². The molecule has 3 aromatic rings. The van der Waals surface area contributed by atoms with Gasteiger partial charge in [-0.1, -0.05) is 42.5 Å². The van der Waals surface area contributed by atoms with E-state index in [9.17, 15) is 0 Å². The number of rotatable bonds is 7. The molecule has 4 rings (SSSR count). The zero-order valence-electron chi connectivity index (χ0n) is 15.4. The minimum Gasteiger partial charge on any atom is -0.367 e. The van der Waals surface area contributed by atoms with Crippen LogP contribution in [0.3, 0.4) is 0 Å². The Balaban J connectivity index is 1.48. The summed E-state index contributed by atoms with van der Waals surface area (Å²) in [4.78, 5) is 2.35. The van der Waals surface area contributed by atoms with Gasteiger partial charge in [0.2, 0.25) is 4.77 Å². The molecule has 1 N–H and O–H groups in total. The summed E-state index contributed by atoms with van der Waals surface area (Å²) in [6, 6.07) is 19.0. The first-order valence-corrected chi connectivity index (χ1v) is 9.76. The fourth-order valence-corrected chi connectivity index (χ4v) is 3.29. The van der Waals surface area contributed by atoms with Gasteiger partial charge in [0, 0.05) is 24.7 Å². The van der Waals surface area contributed by atoms with Crippen molar-refractivity contribution in [2.75, 3.05) is 11.4 Å². The van der Waals surface area contributed by atoms with E-state index in [2.05, 4.69) is 81.7 Å². The number of hydrogen-bond acceptors (Lipinski definition) is 4. The van der Waals surface area contributed by atoms with E-state index < -0.39 is 0 Å². The van der Waals surface area contributed by atoms with Crippen LogP contribution in [0.25, 0.3) is 0 Å². The van der Waals surface area contributed by atoms with Crippen LogP contribution in [0.5, 0.6) is 0 Å². The maximum atomic E-state index is 5.29. The number of H-pyrrole nitrogens is 1. The maximum absolute atomic E-state index is 5.29. The summed E-state index contributed by atoms with van der Waals surface area (Å²) in [5.41, 5.74) is 3.56. The highest BCUT2D eigenvalue weighted by Gasteiger charge is 2.29. The number of nitrogens with one attached hydrogen (secondary N) is 1. The summed E-state index contributed by atoms with van der Waals surface area (Å²) in [6.45, 7) is 4.04. The van der Waals surface area contributed by atoms with Crippen LogP contribution in [0.15, 0.2) is 59.7 Å². The van der Waals surface area contributed by atoms with Crippen LogP contribution >= 0.6 is 12.2 Å². The molecule has 1 saturated carbocycles. The lowest BCUT2D eigenvalue weighted by atomic mass is 10.1. The summed E-state index contributed by atoms with van der Waals surface area (Å²) in [7, 11) is 0. The molecule has 138 valence electrons. The number of nitrogens with zero attached hydrogens (tertiary/aromatic N) is 4. The average Bonchev–Trinajstić information content (AvgIpc) is 3.49. The molecule has 6 heteroatoms. The molecule has 1 aliphatic carbocycles. The molecule has 0 amide bonds. The number of benzene rings is 2. The van der Waals surface area contributed by atoms with Gasteiger partial charge in [-0.3, -0.25) is 5.10 Å². The Hall–Kier alpha value is -2.73. The summed E-state index contributed by atoms with van der Waals surface area (Å²) in [5.74, 6) is 1.43. The standard InChI is InChI=1S/C21H23N5S/c1-2-25(15-17-6-4-3-5-7-17)19-12-8-16(9-13-19)14-22-26-20(18-10-11-18)23-24-21(26)27/h3-9,12-14,18H,2,10-11,15H2,1H3,(H,24,27)/b22-14-. The van der Waals surface area contributed by atoms with Gasteiger partial charge in [0.1, 0.15) is 0 Å². The lowest BCUT2D eigenvalue weighted by Crippen LogP contribution is -2.21. The van der Waals surface area contributed by atoms with Crippen molar-refractivity contribution in [2.24, 2.45) is 5.10 Å². The minimum absolute atomic E-state index is 0.494. The summed E-state index contributed by atoms with van der Waals surface area (Å²) in [5, 5.41) is 11.7. The highest BCUT2D eigenvalue weighted by atomic mass is 32.1. The van der Waals surface area contributed by atoms with E-state index in [0.717, 1.165) is 37.3 Å². The Morgan fingerprint density at radius 1 is 1.19 bits per heavy atom. The summed E-state index contributed by atoms with van der Waals surface area (Å²) < 4.78 is 2.29. The molecule has 0 atom stereocenters.